The molecule has 6 heteroatoms. The van der Waals surface area contributed by atoms with Crippen LogP contribution in [-0.2, 0) is 19.6 Å². The average molecular weight is 303 g/mol. The summed E-state index contributed by atoms with van der Waals surface area (Å²) in [4.78, 5) is 11.8. The topological polar surface area (TPSA) is 72.5 Å². The Morgan fingerprint density at radius 3 is 2.40 bits per heavy atom. The van der Waals surface area contributed by atoms with Crippen LogP contribution in [0.5, 0.6) is 0 Å². The molecule has 1 aliphatic carbocycles. The highest BCUT2D eigenvalue weighted by atomic mass is 32.2. The number of amides is 1. The molecule has 0 spiro atoms. The molecule has 5 nitrogen and oxygen atoms in total. The number of sulfonamides is 1. The highest BCUT2D eigenvalue weighted by Gasteiger charge is 2.25. The van der Waals surface area contributed by atoms with Gasteiger partial charge in [0, 0.05) is 13.0 Å². The van der Waals surface area contributed by atoms with E-state index in [9.17, 15) is 13.2 Å². The maximum Gasteiger partial charge on any atom is 0.237 e. The lowest BCUT2D eigenvalue weighted by Gasteiger charge is -2.23. The third-order valence-electron chi connectivity index (χ3n) is 4.15. The molecule has 2 fully saturated rings. The van der Waals surface area contributed by atoms with Gasteiger partial charge < -0.3 is 4.74 Å². The predicted octanol–water partition coefficient (Wildman–Crippen LogP) is 1.97. The molecular formula is C14H25NO4S. The largest absolute Gasteiger partial charge is 0.377 e. The summed E-state index contributed by atoms with van der Waals surface area (Å²) in [6.07, 6.45) is 8.45. The molecule has 0 unspecified atom stereocenters. The minimum absolute atomic E-state index is 0.0938. The lowest BCUT2D eigenvalue weighted by atomic mass is 9.87. The number of hydrogen-bond donors (Lipinski definition) is 1. The molecule has 2 aliphatic rings. The normalized spacial score (nSPS) is 25.3. The van der Waals surface area contributed by atoms with E-state index in [4.69, 9.17) is 4.74 Å². The van der Waals surface area contributed by atoms with Crippen molar-refractivity contribution >= 4 is 15.9 Å². The zero-order valence-corrected chi connectivity index (χ0v) is 12.8. The molecule has 0 bridgehead atoms. The van der Waals surface area contributed by atoms with Gasteiger partial charge in [-0.05, 0) is 38.0 Å². The second-order valence-corrected chi connectivity index (χ2v) is 7.77. The molecule has 20 heavy (non-hydrogen) atoms. The van der Waals surface area contributed by atoms with Crippen molar-refractivity contribution < 1.29 is 17.9 Å². The van der Waals surface area contributed by atoms with E-state index >= 15 is 0 Å². The van der Waals surface area contributed by atoms with Crippen molar-refractivity contribution in [2.45, 2.75) is 63.9 Å². The molecule has 0 radical (unpaired) electrons. The first-order valence-corrected chi connectivity index (χ1v) is 9.35. The van der Waals surface area contributed by atoms with E-state index in [-0.39, 0.29) is 17.8 Å². The molecule has 1 saturated carbocycles. The summed E-state index contributed by atoms with van der Waals surface area (Å²) in [6.45, 7) is 0.621. The van der Waals surface area contributed by atoms with Crippen LogP contribution in [0.25, 0.3) is 0 Å². The van der Waals surface area contributed by atoms with Crippen molar-refractivity contribution in [3.05, 3.63) is 0 Å². The van der Waals surface area contributed by atoms with Crippen LogP contribution >= 0.6 is 0 Å². The predicted molar refractivity (Wildman–Crippen MR) is 76.7 cm³/mol. The van der Waals surface area contributed by atoms with Crippen LogP contribution in [0, 0.1) is 5.92 Å². The summed E-state index contributed by atoms with van der Waals surface area (Å²) < 4.78 is 31.5. The molecule has 1 aliphatic heterocycles. The second kappa shape index (κ2) is 7.41. The van der Waals surface area contributed by atoms with Crippen molar-refractivity contribution in [3.8, 4) is 0 Å². The Morgan fingerprint density at radius 2 is 1.75 bits per heavy atom. The lowest BCUT2D eigenvalue weighted by Crippen LogP contribution is -2.38. The summed E-state index contributed by atoms with van der Waals surface area (Å²) in [7, 11) is -3.56. The zero-order chi connectivity index (χ0) is 14.4. The Bertz CT molecular complexity index is 409. The van der Waals surface area contributed by atoms with Crippen molar-refractivity contribution in [2.75, 3.05) is 12.4 Å². The molecule has 1 heterocycles. The average Bonchev–Trinajstić information content (AvgIpc) is 2.39. The standard InChI is InChI=1S/C14H25NO4S/c16-14(10-12-6-2-1-3-7-12)15-20(17,18)11-13-8-4-5-9-19-13/h12-13H,1-11H2,(H,15,16)/t13-/m1/s1. The fourth-order valence-corrected chi connectivity index (χ4v) is 4.36. The first kappa shape index (κ1) is 15.8. The quantitative estimate of drug-likeness (QED) is 0.843. The van der Waals surface area contributed by atoms with Gasteiger partial charge in [0.05, 0.1) is 11.9 Å². The van der Waals surface area contributed by atoms with E-state index in [1.807, 2.05) is 0 Å². The number of carbonyl (C=O) groups is 1. The Hall–Kier alpha value is -0.620. The van der Waals surface area contributed by atoms with Gasteiger partial charge in [-0.15, -0.1) is 0 Å². The van der Waals surface area contributed by atoms with Crippen molar-refractivity contribution in [1.29, 1.82) is 0 Å². The number of nitrogens with one attached hydrogen (secondary N) is 1. The van der Waals surface area contributed by atoms with Crippen LogP contribution in [0.15, 0.2) is 0 Å². The maximum absolute atomic E-state index is 11.9. The SMILES string of the molecule is O=C(CC1CCCCC1)NS(=O)(=O)C[C@H]1CCCCO1. The van der Waals surface area contributed by atoms with Crippen LogP contribution < -0.4 is 4.72 Å². The fourth-order valence-electron chi connectivity index (χ4n) is 3.09. The minimum atomic E-state index is -3.56. The van der Waals surface area contributed by atoms with E-state index < -0.39 is 10.0 Å². The number of carbonyl (C=O) groups excluding carboxylic acids is 1. The summed E-state index contributed by atoms with van der Waals surface area (Å²) in [5.74, 6) is -0.0961. The summed E-state index contributed by atoms with van der Waals surface area (Å²) in [5, 5.41) is 0. The van der Waals surface area contributed by atoms with E-state index in [1.54, 1.807) is 0 Å². The first-order valence-electron chi connectivity index (χ1n) is 7.70. The van der Waals surface area contributed by atoms with E-state index in [2.05, 4.69) is 4.72 Å². The molecule has 0 aromatic heterocycles. The minimum Gasteiger partial charge on any atom is -0.377 e. The molecule has 1 atom stereocenters. The van der Waals surface area contributed by atoms with Gasteiger partial charge in [-0.2, -0.15) is 0 Å². The van der Waals surface area contributed by atoms with E-state index in [1.165, 1.54) is 6.42 Å². The van der Waals surface area contributed by atoms with Crippen LogP contribution in [-0.4, -0.2) is 32.8 Å². The van der Waals surface area contributed by atoms with Gasteiger partial charge in [-0.3, -0.25) is 9.52 Å². The first-order chi connectivity index (χ1) is 9.55. The van der Waals surface area contributed by atoms with Gasteiger partial charge in [-0.25, -0.2) is 8.42 Å². The van der Waals surface area contributed by atoms with Gasteiger partial charge in [0.15, 0.2) is 0 Å². The third-order valence-corrected chi connectivity index (χ3v) is 5.50. The molecule has 116 valence electrons. The molecule has 0 aromatic carbocycles. The molecule has 1 saturated heterocycles. The van der Waals surface area contributed by atoms with Crippen molar-refractivity contribution in [2.24, 2.45) is 5.92 Å². The summed E-state index contributed by atoms with van der Waals surface area (Å²) in [6, 6.07) is 0. The van der Waals surface area contributed by atoms with Crippen LogP contribution in [0.2, 0.25) is 0 Å². The van der Waals surface area contributed by atoms with Crippen LogP contribution in [0.3, 0.4) is 0 Å². The van der Waals surface area contributed by atoms with Gasteiger partial charge in [-0.1, -0.05) is 19.3 Å². The highest BCUT2D eigenvalue weighted by molar-refractivity contribution is 7.90. The number of ether oxygens (including phenoxy) is 1. The van der Waals surface area contributed by atoms with Gasteiger partial charge in [0.1, 0.15) is 0 Å². The van der Waals surface area contributed by atoms with Gasteiger partial charge >= 0.3 is 0 Å². The maximum atomic E-state index is 11.9. The van der Waals surface area contributed by atoms with E-state index in [0.717, 1.165) is 44.9 Å². The molecule has 1 N–H and O–H groups in total. The van der Waals surface area contributed by atoms with Gasteiger partial charge in [0.25, 0.3) is 0 Å². The summed E-state index contributed by atoms with van der Waals surface area (Å²) >= 11 is 0. The Morgan fingerprint density at radius 1 is 1.05 bits per heavy atom. The second-order valence-electron chi connectivity index (χ2n) is 6.00. The summed E-state index contributed by atoms with van der Waals surface area (Å²) in [5.41, 5.74) is 0. The Labute approximate surface area is 121 Å². The number of rotatable bonds is 5. The zero-order valence-electron chi connectivity index (χ0n) is 12.0. The highest BCUT2D eigenvalue weighted by Crippen LogP contribution is 2.26. The van der Waals surface area contributed by atoms with Gasteiger partial charge in [0.2, 0.25) is 15.9 Å². The lowest BCUT2D eigenvalue weighted by molar-refractivity contribution is -0.120. The van der Waals surface area contributed by atoms with Crippen molar-refractivity contribution in [1.82, 2.24) is 4.72 Å². The van der Waals surface area contributed by atoms with Crippen LogP contribution in [0.1, 0.15) is 57.8 Å². The Balaban J connectivity index is 1.76. The molecule has 1 amide bonds. The molecule has 0 aromatic rings. The van der Waals surface area contributed by atoms with Crippen LogP contribution in [0.4, 0.5) is 0 Å². The van der Waals surface area contributed by atoms with E-state index in [0.29, 0.717) is 18.9 Å². The monoisotopic (exact) mass is 303 g/mol. The smallest absolute Gasteiger partial charge is 0.237 e. The fraction of sp³-hybridized carbons (Fsp3) is 0.929. The third kappa shape index (κ3) is 5.40. The molecule has 2 rings (SSSR count). The Kier molecular flexibility index (Phi) is 5.84. The van der Waals surface area contributed by atoms with Crippen molar-refractivity contribution in [3.63, 3.8) is 0 Å². The molecular weight excluding hydrogens is 278 g/mol. The number of hydrogen-bond acceptors (Lipinski definition) is 4.